The highest BCUT2D eigenvalue weighted by atomic mass is 35.5. The Morgan fingerprint density at radius 3 is 2.51 bits per heavy atom. The Balaban J connectivity index is 1.67. The van der Waals surface area contributed by atoms with E-state index in [2.05, 4.69) is 5.32 Å². The van der Waals surface area contributed by atoms with Gasteiger partial charge < -0.3 is 10.2 Å². The van der Waals surface area contributed by atoms with Gasteiger partial charge in [0.05, 0.1) is 23.0 Å². The van der Waals surface area contributed by atoms with Gasteiger partial charge in [-0.1, -0.05) is 65.7 Å². The summed E-state index contributed by atoms with van der Waals surface area (Å²) in [6.45, 7) is 1.47. The highest BCUT2D eigenvalue weighted by molar-refractivity contribution is 6.34. The number of anilines is 2. The molecule has 1 spiro atoms. The normalized spacial score (nSPS) is 25.7. The van der Waals surface area contributed by atoms with Crippen molar-refractivity contribution in [3.05, 3.63) is 99.5 Å². The zero-order valence-electron chi connectivity index (χ0n) is 18.7. The number of para-hydroxylation sites is 1. The van der Waals surface area contributed by atoms with Crippen LogP contribution in [0.15, 0.2) is 72.8 Å². The van der Waals surface area contributed by atoms with E-state index < -0.39 is 23.4 Å². The van der Waals surface area contributed by atoms with Crippen LogP contribution in [-0.2, 0) is 15.0 Å². The number of carbonyl (C=O) groups is 3. The van der Waals surface area contributed by atoms with Crippen LogP contribution < -0.4 is 10.2 Å². The highest BCUT2D eigenvalue weighted by Crippen LogP contribution is 2.58. The molecular formula is C28H20Cl2N2O3. The van der Waals surface area contributed by atoms with Crippen LogP contribution in [-0.4, -0.2) is 29.6 Å². The predicted octanol–water partition coefficient (Wildman–Crippen LogP) is 5.56. The number of nitrogens with zero attached hydrogens (tertiary/aromatic N) is 1. The number of nitrogens with one attached hydrogen (secondary N) is 1. The van der Waals surface area contributed by atoms with Crippen LogP contribution in [0.1, 0.15) is 28.4 Å². The third-order valence-electron chi connectivity index (χ3n) is 7.43. The third kappa shape index (κ3) is 2.92. The van der Waals surface area contributed by atoms with E-state index in [4.69, 9.17) is 23.2 Å². The number of hydrogen-bond donors (Lipinski definition) is 1. The molecule has 5 nitrogen and oxygen atoms in total. The quantitative estimate of drug-likeness (QED) is 0.476. The van der Waals surface area contributed by atoms with Gasteiger partial charge in [0, 0.05) is 22.0 Å². The van der Waals surface area contributed by atoms with Crippen molar-refractivity contribution < 1.29 is 14.4 Å². The van der Waals surface area contributed by atoms with Crippen LogP contribution >= 0.6 is 23.2 Å². The minimum atomic E-state index is -1.32. The number of ketones is 2. The van der Waals surface area contributed by atoms with Gasteiger partial charge in [-0.2, -0.15) is 0 Å². The number of amides is 1. The maximum absolute atomic E-state index is 14.3. The maximum Gasteiger partial charge on any atom is 0.238 e. The number of hydrogen-bond acceptors (Lipinski definition) is 4. The lowest BCUT2D eigenvalue weighted by molar-refractivity contribution is -0.122. The average Bonchev–Trinajstić information content (AvgIpc) is 3.32. The first-order chi connectivity index (χ1) is 16.9. The zero-order chi connectivity index (χ0) is 24.5. The Morgan fingerprint density at radius 1 is 1.00 bits per heavy atom. The molecule has 1 saturated heterocycles. The van der Waals surface area contributed by atoms with Crippen LogP contribution in [0, 0.1) is 5.92 Å². The van der Waals surface area contributed by atoms with E-state index in [1.54, 1.807) is 30.3 Å². The molecule has 7 heteroatoms. The van der Waals surface area contributed by atoms with Crippen molar-refractivity contribution in [1.29, 1.82) is 0 Å². The molecule has 0 bridgehead atoms. The van der Waals surface area contributed by atoms with Gasteiger partial charge in [-0.15, -0.1) is 0 Å². The molecule has 0 unspecified atom stereocenters. The first-order valence-corrected chi connectivity index (χ1v) is 12.1. The Kier molecular flexibility index (Phi) is 4.92. The summed E-state index contributed by atoms with van der Waals surface area (Å²) >= 11 is 12.7. The number of carbonyl (C=O) groups excluding carboxylic acids is 3. The molecule has 1 N–H and O–H groups in total. The fourth-order valence-corrected chi connectivity index (χ4v) is 6.54. The highest BCUT2D eigenvalue weighted by Gasteiger charge is 2.69. The standard InChI is InChI=1S/C28H20Cl2N2O3/c1-15(33)25-24(26(34)18-6-2-4-8-20(18)30)28(19-7-3-5-9-21(19)31-27(28)35)23-13-10-16-14-17(29)11-12-22(16)32(23)25/h2-14,23-25H,1H3,(H,31,35)/t23-,24+,25+,28+/m0/s1. The van der Waals surface area contributed by atoms with E-state index >= 15 is 0 Å². The lowest BCUT2D eigenvalue weighted by Crippen LogP contribution is -2.51. The molecule has 3 aromatic carbocycles. The zero-order valence-corrected chi connectivity index (χ0v) is 20.2. The van der Waals surface area contributed by atoms with Gasteiger partial charge in [-0.25, -0.2) is 0 Å². The Labute approximate surface area is 212 Å². The summed E-state index contributed by atoms with van der Waals surface area (Å²) in [6, 6.07) is 18.1. The average molecular weight is 503 g/mol. The first-order valence-electron chi connectivity index (χ1n) is 11.3. The molecule has 1 amide bonds. The molecule has 0 aromatic heterocycles. The van der Waals surface area contributed by atoms with Crippen molar-refractivity contribution in [2.45, 2.75) is 24.4 Å². The molecule has 3 aromatic rings. The van der Waals surface area contributed by atoms with Crippen LogP contribution in [0.25, 0.3) is 6.08 Å². The van der Waals surface area contributed by atoms with E-state index in [1.807, 2.05) is 53.5 Å². The monoisotopic (exact) mass is 502 g/mol. The van der Waals surface area contributed by atoms with E-state index in [1.165, 1.54) is 6.92 Å². The fraction of sp³-hybridized carbons (Fsp3) is 0.179. The second-order valence-electron chi connectivity index (χ2n) is 9.16. The van der Waals surface area contributed by atoms with Crippen molar-refractivity contribution in [3.8, 4) is 0 Å². The lowest BCUT2D eigenvalue weighted by Gasteiger charge is -2.37. The second kappa shape index (κ2) is 7.80. The van der Waals surface area contributed by atoms with Crippen LogP contribution in [0.3, 0.4) is 0 Å². The number of halogens is 2. The van der Waals surface area contributed by atoms with E-state index in [0.29, 0.717) is 21.8 Å². The number of Topliss-reactive ketones (excluding diaryl/α,β-unsaturated/α-hetero) is 2. The molecule has 0 aliphatic carbocycles. The smallest absolute Gasteiger partial charge is 0.238 e. The minimum Gasteiger partial charge on any atom is -0.352 e. The number of fused-ring (bicyclic) bond motifs is 6. The Hall–Kier alpha value is -3.41. The van der Waals surface area contributed by atoms with E-state index in [-0.39, 0.29) is 22.5 Å². The molecule has 3 aliphatic heterocycles. The van der Waals surface area contributed by atoms with Gasteiger partial charge in [0.2, 0.25) is 5.91 Å². The molecule has 35 heavy (non-hydrogen) atoms. The molecule has 3 heterocycles. The SMILES string of the molecule is CC(=O)[C@@H]1[C@H](C(=O)c2ccccc2Cl)[C@]2(C(=O)Nc3ccccc32)[C@@H]2C=Cc3cc(Cl)ccc3N12. The van der Waals surface area contributed by atoms with Crippen molar-refractivity contribution in [2.24, 2.45) is 5.92 Å². The van der Waals surface area contributed by atoms with Gasteiger partial charge in [-0.05, 0) is 54.4 Å². The largest absolute Gasteiger partial charge is 0.352 e. The van der Waals surface area contributed by atoms with Crippen molar-refractivity contribution in [3.63, 3.8) is 0 Å². The van der Waals surface area contributed by atoms with Crippen molar-refractivity contribution >= 4 is 58.1 Å². The van der Waals surface area contributed by atoms with Crippen molar-refractivity contribution in [1.82, 2.24) is 0 Å². The van der Waals surface area contributed by atoms with E-state index in [0.717, 1.165) is 11.3 Å². The summed E-state index contributed by atoms with van der Waals surface area (Å²) in [4.78, 5) is 43.6. The predicted molar refractivity (Wildman–Crippen MR) is 137 cm³/mol. The molecule has 0 radical (unpaired) electrons. The van der Waals surface area contributed by atoms with Gasteiger partial charge >= 0.3 is 0 Å². The summed E-state index contributed by atoms with van der Waals surface area (Å²) in [5.74, 6) is -1.84. The second-order valence-corrected chi connectivity index (χ2v) is 10.0. The lowest BCUT2D eigenvalue weighted by atomic mass is 9.64. The third-order valence-corrected chi connectivity index (χ3v) is 8.00. The summed E-state index contributed by atoms with van der Waals surface area (Å²) in [6.07, 6.45) is 3.83. The topological polar surface area (TPSA) is 66.5 Å². The van der Waals surface area contributed by atoms with Gasteiger partial charge in [0.15, 0.2) is 11.6 Å². The van der Waals surface area contributed by atoms with Crippen molar-refractivity contribution in [2.75, 3.05) is 10.2 Å². The first kappa shape index (κ1) is 22.1. The summed E-state index contributed by atoms with van der Waals surface area (Å²) in [7, 11) is 0. The Bertz CT molecular complexity index is 1470. The molecule has 4 atom stereocenters. The number of rotatable bonds is 3. The van der Waals surface area contributed by atoms with Gasteiger partial charge in [-0.3, -0.25) is 14.4 Å². The minimum absolute atomic E-state index is 0.203. The molecule has 0 saturated carbocycles. The molecule has 174 valence electrons. The summed E-state index contributed by atoms with van der Waals surface area (Å²) in [5, 5.41) is 3.84. The fourth-order valence-electron chi connectivity index (χ4n) is 6.13. The molecule has 6 rings (SSSR count). The van der Waals surface area contributed by atoms with Gasteiger partial charge in [0.25, 0.3) is 0 Å². The van der Waals surface area contributed by atoms with E-state index in [9.17, 15) is 14.4 Å². The van der Waals surface area contributed by atoms with Crippen LogP contribution in [0.2, 0.25) is 10.0 Å². The number of benzene rings is 3. The molecule has 1 fully saturated rings. The Morgan fingerprint density at radius 2 is 1.74 bits per heavy atom. The maximum atomic E-state index is 14.3. The molecular weight excluding hydrogens is 483 g/mol. The summed E-state index contributed by atoms with van der Waals surface area (Å²) < 4.78 is 0. The molecule has 3 aliphatic rings. The van der Waals surface area contributed by atoms with Gasteiger partial charge in [0.1, 0.15) is 5.41 Å². The summed E-state index contributed by atoms with van der Waals surface area (Å²) in [5.41, 5.74) is 1.91. The van der Waals surface area contributed by atoms with Crippen LogP contribution in [0.4, 0.5) is 11.4 Å². The van der Waals surface area contributed by atoms with Crippen LogP contribution in [0.5, 0.6) is 0 Å².